The molecule has 0 fully saturated rings. The van der Waals surface area contributed by atoms with Crippen molar-refractivity contribution in [3.63, 3.8) is 0 Å². The van der Waals surface area contributed by atoms with Gasteiger partial charge in [0.15, 0.2) is 0 Å². The van der Waals surface area contributed by atoms with Crippen molar-refractivity contribution in [3.8, 4) is 0 Å². The normalized spacial score (nSPS) is 12.0. The van der Waals surface area contributed by atoms with E-state index in [1.54, 1.807) is 0 Å². The maximum absolute atomic E-state index is 5.61. The van der Waals surface area contributed by atoms with Gasteiger partial charge in [-0.05, 0) is 56.8 Å². The molecule has 3 N–H and O–H groups in total. The average molecular weight is 254 g/mol. The Kier molecular flexibility index (Phi) is 6.17. The van der Waals surface area contributed by atoms with E-state index in [0.29, 0.717) is 5.41 Å². The minimum absolute atomic E-state index is 0.399. The second kappa shape index (κ2) is 7.14. The van der Waals surface area contributed by atoms with Gasteiger partial charge >= 0.3 is 0 Å². The van der Waals surface area contributed by atoms with Gasteiger partial charge < -0.3 is 11.1 Å². The molecule has 1 rings (SSSR count). The molecular formula is C14H26N2S. The maximum atomic E-state index is 5.61. The van der Waals surface area contributed by atoms with Crippen molar-refractivity contribution in [3.05, 3.63) is 21.9 Å². The minimum Gasteiger partial charge on any atom is -0.330 e. The Bertz CT molecular complexity index is 318. The van der Waals surface area contributed by atoms with Gasteiger partial charge in [-0.3, -0.25) is 0 Å². The number of nitrogens with one attached hydrogen (secondary N) is 1. The largest absolute Gasteiger partial charge is 0.330 e. The Morgan fingerprint density at radius 2 is 2.06 bits per heavy atom. The molecule has 0 saturated carbocycles. The number of rotatable bonds is 8. The number of aryl methyl sites for hydroxylation is 1. The fourth-order valence-electron chi connectivity index (χ4n) is 2.00. The lowest BCUT2D eigenvalue weighted by molar-refractivity contribution is 0.302. The molecule has 0 aliphatic carbocycles. The van der Waals surface area contributed by atoms with Crippen molar-refractivity contribution in [1.29, 1.82) is 0 Å². The molecule has 0 radical (unpaired) electrons. The predicted octanol–water partition coefficient (Wildman–Crippen LogP) is 3.30. The summed E-state index contributed by atoms with van der Waals surface area (Å²) in [4.78, 5) is 2.83. The van der Waals surface area contributed by atoms with Crippen LogP contribution in [0.1, 0.15) is 42.9 Å². The summed E-state index contributed by atoms with van der Waals surface area (Å²) in [7, 11) is 0. The number of hydrogen-bond donors (Lipinski definition) is 2. The maximum Gasteiger partial charge on any atom is 0.0299 e. The van der Waals surface area contributed by atoms with Gasteiger partial charge in [-0.1, -0.05) is 13.8 Å². The Morgan fingerprint density at radius 3 is 2.65 bits per heavy atom. The first-order valence-corrected chi connectivity index (χ1v) is 7.31. The molecule has 0 spiro atoms. The first-order valence-electron chi connectivity index (χ1n) is 6.49. The van der Waals surface area contributed by atoms with E-state index in [4.69, 9.17) is 5.73 Å². The molecule has 3 heteroatoms. The van der Waals surface area contributed by atoms with Gasteiger partial charge in [0.2, 0.25) is 0 Å². The molecule has 0 aliphatic heterocycles. The van der Waals surface area contributed by atoms with Crippen molar-refractivity contribution in [1.82, 2.24) is 5.32 Å². The van der Waals surface area contributed by atoms with Crippen LogP contribution in [0.2, 0.25) is 0 Å². The summed E-state index contributed by atoms with van der Waals surface area (Å²) in [5, 5.41) is 3.51. The average Bonchev–Trinajstić information content (AvgIpc) is 2.63. The Hall–Kier alpha value is -0.380. The van der Waals surface area contributed by atoms with Crippen molar-refractivity contribution in [2.75, 3.05) is 13.1 Å². The lowest BCUT2D eigenvalue weighted by Gasteiger charge is -2.23. The SMILES string of the molecule is Cc1ccc(CNCCCC(C)(C)CCN)s1. The lowest BCUT2D eigenvalue weighted by atomic mass is 9.84. The number of hydrogen-bond acceptors (Lipinski definition) is 3. The zero-order valence-electron chi connectivity index (χ0n) is 11.4. The third-order valence-electron chi connectivity index (χ3n) is 3.12. The van der Waals surface area contributed by atoms with E-state index in [-0.39, 0.29) is 0 Å². The van der Waals surface area contributed by atoms with E-state index in [2.05, 4.69) is 38.2 Å². The molecule has 0 aromatic carbocycles. The highest BCUT2D eigenvalue weighted by Crippen LogP contribution is 2.25. The van der Waals surface area contributed by atoms with E-state index in [1.807, 2.05) is 11.3 Å². The quantitative estimate of drug-likeness (QED) is 0.699. The molecule has 1 heterocycles. The van der Waals surface area contributed by atoms with Gasteiger partial charge in [0.05, 0.1) is 0 Å². The monoisotopic (exact) mass is 254 g/mol. The standard InChI is InChI=1S/C14H26N2S/c1-12-5-6-13(17-12)11-16-10-4-7-14(2,3)8-9-15/h5-6,16H,4,7-11,15H2,1-3H3. The molecule has 0 amide bonds. The Balaban J connectivity index is 2.08. The highest BCUT2D eigenvalue weighted by atomic mass is 32.1. The van der Waals surface area contributed by atoms with Gasteiger partial charge in [-0.15, -0.1) is 11.3 Å². The van der Waals surface area contributed by atoms with Crippen molar-refractivity contribution in [2.45, 2.75) is 46.6 Å². The summed E-state index contributed by atoms with van der Waals surface area (Å²) < 4.78 is 0. The molecule has 0 atom stereocenters. The zero-order chi connectivity index (χ0) is 12.7. The van der Waals surface area contributed by atoms with E-state index in [9.17, 15) is 0 Å². The van der Waals surface area contributed by atoms with Crippen molar-refractivity contribution < 1.29 is 0 Å². The number of nitrogens with two attached hydrogens (primary N) is 1. The first-order chi connectivity index (χ1) is 8.03. The van der Waals surface area contributed by atoms with Crippen LogP contribution in [0.5, 0.6) is 0 Å². The third-order valence-corrected chi connectivity index (χ3v) is 4.12. The fraction of sp³-hybridized carbons (Fsp3) is 0.714. The highest BCUT2D eigenvalue weighted by molar-refractivity contribution is 7.11. The molecule has 0 unspecified atom stereocenters. The molecule has 1 aromatic rings. The van der Waals surface area contributed by atoms with E-state index in [0.717, 1.165) is 26.1 Å². The fourth-order valence-corrected chi connectivity index (χ4v) is 2.86. The highest BCUT2D eigenvalue weighted by Gasteiger charge is 2.15. The Labute approximate surface area is 110 Å². The predicted molar refractivity (Wildman–Crippen MR) is 77.4 cm³/mol. The minimum atomic E-state index is 0.399. The summed E-state index contributed by atoms with van der Waals surface area (Å²) in [5.74, 6) is 0. The lowest BCUT2D eigenvalue weighted by Crippen LogP contribution is -2.20. The van der Waals surface area contributed by atoms with Gasteiger partial charge in [0.25, 0.3) is 0 Å². The van der Waals surface area contributed by atoms with Crippen LogP contribution in [-0.4, -0.2) is 13.1 Å². The summed E-state index contributed by atoms with van der Waals surface area (Å²) in [6, 6.07) is 4.40. The van der Waals surface area contributed by atoms with Gasteiger partial charge in [0.1, 0.15) is 0 Å². The second-order valence-corrected chi connectivity index (χ2v) is 6.87. The molecule has 98 valence electrons. The third kappa shape index (κ3) is 6.20. The van der Waals surface area contributed by atoms with Gasteiger partial charge in [0, 0.05) is 16.3 Å². The van der Waals surface area contributed by atoms with Crippen LogP contribution in [0, 0.1) is 12.3 Å². The van der Waals surface area contributed by atoms with Gasteiger partial charge in [-0.2, -0.15) is 0 Å². The van der Waals surface area contributed by atoms with Crippen LogP contribution >= 0.6 is 11.3 Å². The molecule has 0 saturated heterocycles. The molecule has 2 nitrogen and oxygen atoms in total. The zero-order valence-corrected chi connectivity index (χ0v) is 12.2. The van der Waals surface area contributed by atoms with Crippen LogP contribution in [0.15, 0.2) is 12.1 Å². The molecule has 0 aliphatic rings. The summed E-state index contributed by atoms with van der Waals surface area (Å²) in [6.45, 7) is 9.68. The van der Waals surface area contributed by atoms with Gasteiger partial charge in [-0.25, -0.2) is 0 Å². The smallest absolute Gasteiger partial charge is 0.0299 e. The molecule has 1 aromatic heterocycles. The van der Waals surface area contributed by atoms with Crippen LogP contribution in [0.3, 0.4) is 0 Å². The van der Waals surface area contributed by atoms with Crippen LogP contribution < -0.4 is 11.1 Å². The van der Waals surface area contributed by atoms with Crippen LogP contribution in [-0.2, 0) is 6.54 Å². The van der Waals surface area contributed by atoms with Crippen LogP contribution in [0.4, 0.5) is 0 Å². The summed E-state index contributed by atoms with van der Waals surface area (Å²) in [6.07, 6.45) is 3.61. The summed E-state index contributed by atoms with van der Waals surface area (Å²) >= 11 is 1.88. The topological polar surface area (TPSA) is 38.0 Å². The van der Waals surface area contributed by atoms with E-state index in [1.165, 1.54) is 22.6 Å². The van der Waals surface area contributed by atoms with E-state index >= 15 is 0 Å². The molecule has 0 bridgehead atoms. The number of thiophene rings is 1. The second-order valence-electron chi connectivity index (χ2n) is 5.50. The van der Waals surface area contributed by atoms with Crippen LogP contribution in [0.25, 0.3) is 0 Å². The molecule has 17 heavy (non-hydrogen) atoms. The molecular weight excluding hydrogens is 228 g/mol. The van der Waals surface area contributed by atoms with Crippen molar-refractivity contribution in [2.24, 2.45) is 11.1 Å². The van der Waals surface area contributed by atoms with Crippen molar-refractivity contribution >= 4 is 11.3 Å². The Morgan fingerprint density at radius 1 is 1.29 bits per heavy atom. The van der Waals surface area contributed by atoms with E-state index < -0.39 is 0 Å². The first kappa shape index (κ1) is 14.7. The summed E-state index contributed by atoms with van der Waals surface area (Å²) in [5.41, 5.74) is 6.01.